The molecule has 0 radical (unpaired) electrons. The maximum Gasteiger partial charge on any atom is 0.184 e. The lowest BCUT2D eigenvalue weighted by Crippen LogP contribution is -2.09. The van der Waals surface area contributed by atoms with Crippen LogP contribution in [0.25, 0.3) is 21.9 Å². The van der Waals surface area contributed by atoms with Gasteiger partial charge in [0.15, 0.2) is 5.78 Å². The van der Waals surface area contributed by atoms with Gasteiger partial charge in [-0.25, -0.2) is 4.98 Å². The fraction of sp³-hybridized carbons (Fsp3) is 0.0417. The van der Waals surface area contributed by atoms with Crippen LogP contribution in [0.15, 0.2) is 73.2 Å². The predicted molar refractivity (Wildman–Crippen MR) is 119 cm³/mol. The molecule has 0 amide bonds. The van der Waals surface area contributed by atoms with Gasteiger partial charge in [-0.1, -0.05) is 11.6 Å². The van der Waals surface area contributed by atoms with E-state index >= 15 is 0 Å². The number of carbonyl (C=O) groups is 1. The third-order valence-corrected chi connectivity index (χ3v) is 5.30. The Labute approximate surface area is 182 Å². The standard InChI is InChI=1S/C24H15ClN4O2/c25-16-3-8-23-22(9-16)28-14-29(23)13-24(30)20-12-27-21-10-18(6-7-19(20)21)31-17-4-1-15(11-26)2-5-17/h1-10,12,14,27H,13H2. The second-order valence-electron chi connectivity index (χ2n) is 7.08. The summed E-state index contributed by atoms with van der Waals surface area (Å²) in [5, 5.41) is 10.3. The van der Waals surface area contributed by atoms with Crippen molar-refractivity contribution < 1.29 is 9.53 Å². The number of rotatable bonds is 5. The Kier molecular flexibility index (Phi) is 4.66. The number of carbonyl (C=O) groups excluding carboxylic acids is 1. The minimum atomic E-state index is -0.0266. The van der Waals surface area contributed by atoms with E-state index in [0.717, 1.165) is 21.9 Å². The van der Waals surface area contributed by atoms with Gasteiger partial charge in [-0.2, -0.15) is 5.26 Å². The highest BCUT2D eigenvalue weighted by molar-refractivity contribution is 6.31. The van der Waals surface area contributed by atoms with Crippen LogP contribution < -0.4 is 4.74 Å². The zero-order valence-corrected chi connectivity index (χ0v) is 16.9. The summed E-state index contributed by atoms with van der Waals surface area (Å²) >= 11 is 6.01. The van der Waals surface area contributed by atoms with E-state index in [2.05, 4.69) is 16.0 Å². The molecular formula is C24H15ClN4O2. The van der Waals surface area contributed by atoms with E-state index in [1.54, 1.807) is 48.9 Å². The Bertz CT molecular complexity index is 1480. The minimum absolute atomic E-state index is 0.0266. The highest BCUT2D eigenvalue weighted by Crippen LogP contribution is 2.28. The van der Waals surface area contributed by atoms with E-state index in [4.69, 9.17) is 21.6 Å². The Morgan fingerprint density at radius 3 is 2.71 bits per heavy atom. The molecule has 0 saturated carbocycles. The van der Waals surface area contributed by atoms with Crippen molar-refractivity contribution in [2.45, 2.75) is 6.54 Å². The van der Waals surface area contributed by atoms with E-state index < -0.39 is 0 Å². The van der Waals surface area contributed by atoms with Crippen molar-refractivity contribution >= 4 is 39.3 Å². The number of halogens is 1. The smallest absolute Gasteiger partial charge is 0.184 e. The molecule has 7 heteroatoms. The van der Waals surface area contributed by atoms with Gasteiger partial charge in [-0.3, -0.25) is 4.79 Å². The number of hydrogen-bond donors (Lipinski definition) is 1. The Morgan fingerprint density at radius 1 is 1.10 bits per heavy atom. The van der Waals surface area contributed by atoms with Crippen LogP contribution in [0.1, 0.15) is 15.9 Å². The summed E-state index contributed by atoms with van der Waals surface area (Å²) in [7, 11) is 0. The van der Waals surface area contributed by atoms with Gasteiger partial charge in [-0.15, -0.1) is 0 Å². The number of fused-ring (bicyclic) bond motifs is 2. The quantitative estimate of drug-likeness (QED) is 0.364. The Morgan fingerprint density at radius 2 is 1.90 bits per heavy atom. The van der Waals surface area contributed by atoms with Crippen LogP contribution in [0.2, 0.25) is 5.02 Å². The molecule has 31 heavy (non-hydrogen) atoms. The van der Waals surface area contributed by atoms with Crippen LogP contribution in [-0.2, 0) is 6.54 Å². The maximum absolute atomic E-state index is 13.0. The lowest BCUT2D eigenvalue weighted by atomic mass is 10.1. The first-order chi connectivity index (χ1) is 15.1. The Balaban J connectivity index is 1.38. The molecule has 0 atom stereocenters. The predicted octanol–water partition coefficient (Wildman–Crippen LogP) is 5.72. The second kappa shape index (κ2) is 7.63. The summed E-state index contributed by atoms with van der Waals surface area (Å²) in [5.74, 6) is 1.24. The van der Waals surface area contributed by atoms with Gasteiger partial charge < -0.3 is 14.3 Å². The van der Waals surface area contributed by atoms with Crippen molar-refractivity contribution in [3.63, 3.8) is 0 Å². The van der Waals surface area contributed by atoms with E-state index in [1.165, 1.54) is 0 Å². The first kappa shape index (κ1) is 18.9. The molecule has 150 valence electrons. The van der Waals surface area contributed by atoms with Crippen molar-refractivity contribution in [1.29, 1.82) is 5.26 Å². The molecular weight excluding hydrogens is 412 g/mol. The van der Waals surface area contributed by atoms with Gasteiger partial charge in [0.2, 0.25) is 0 Å². The monoisotopic (exact) mass is 426 g/mol. The summed E-state index contributed by atoms with van der Waals surface area (Å²) in [4.78, 5) is 20.5. The number of benzene rings is 3. The van der Waals surface area contributed by atoms with Gasteiger partial charge in [0, 0.05) is 33.8 Å². The molecule has 1 N–H and O–H groups in total. The number of Topliss-reactive ketones (excluding diaryl/α,β-unsaturated/α-hetero) is 1. The highest BCUT2D eigenvalue weighted by Gasteiger charge is 2.15. The third-order valence-electron chi connectivity index (χ3n) is 5.07. The summed E-state index contributed by atoms with van der Waals surface area (Å²) in [6.45, 7) is 0.175. The average molecular weight is 427 g/mol. The molecule has 5 rings (SSSR count). The van der Waals surface area contributed by atoms with E-state index in [0.29, 0.717) is 27.6 Å². The average Bonchev–Trinajstić information content (AvgIpc) is 3.38. The van der Waals surface area contributed by atoms with Crippen LogP contribution in [-0.4, -0.2) is 20.3 Å². The molecule has 3 aromatic carbocycles. The second-order valence-corrected chi connectivity index (χ2v) is 7.51. The highest BCUT2D eigenvalue weighted by atomic mass is 35.5. The van der Waals surface area contributed by atoms with Crippen molar-refractivity contribution in [2.75, 3.05) is 0 Å². The van der Waals surface area contributed by atoms with Crippen molar-refractivity contribution in [3.8, 4) is 17.6 Å². The van der Waals surface area contributed by atoms with Crippen LogP contribution >= 0.6 is 11.6 Å². The number of nitrogens with one attached hydrogen (secondary N) is 1. The number of ether oxygens (including phenoxy) is 1. The van der Waals surface area contributed by atoms with Gasteiger partial charge >= 0.3 is 0 Å². The molecule has 0 unspecified atom stereocenters. The third kappa shape index (κ3) is 3.63. The van der Waals surface area contributed by atoms with E-state index in [-0.39, 0.29) is 12.3 Å². The molecule has 0 aliphatic rings. The molecule has 5 aromatic rings. The topological polar surface area (TPSA) is 83.7 Å². The summed E-state index contributed by atoms with van der Waals surface area (Å²) in [5.41, 5.74) is 3.59. The number of nitrogens with zero attached hydrogens (tertiary/aromatic N) is 3. The fourth-order valence-corrected chi connectivity index (χ4v) is 3.70. The fourth-order valence-electron chi connectivity index (χ4n) is 3.54. The molecule has 0 saturated heterocycles. The minimum Gasteiger partial charge on any atom is -0.457 e. The van der Waals surface area contributed by atoms with Gasteiger partial charge in [-0.05, 0) is 54.6 Å². The van der Waals surface area contributed by atoms with Crippen molar-refractivity contribution in [2.24, 2.45) is 0 Å². The number of ketones is 1. The van der Waals surface area contributed by atoms with Crippen LogP contribution in [0.3, 0.4) is 0 Å². The van der Waals surface area contributed by atoms with E-state index in [9.17, 15) is 4.79 Å². The van der Waals surface area contributed by atoms with Crippen LogP contribution in [0, 0.1) is 11.3 Å². The molecule has 0 spiro atoms. The molecule has 0 aliphatic heterocycles. The van der Waals surface area contributed by atoms with E-state index in [1.807, 2.05) is 28.8 Å². The number of aromatic amines is 1. The van der Waals surface area contributed by atoms with Gasteiger partial charge in [0.05, 0.1) is 35.5 Å². The lowest BCUT2D eigenvalue weighted by molar-refractivity contribution is 0.0975. The van der Waals surface area contributed by atoms with Gasteiger partial charge in [0.25, 0.3) is 0 Å². The number of imidazole rings is 1. The lowest BCUT2D eigenvalue weighted by Gasteiger charge is -2.06. The van der Waals surface area contributed by atoms with Crippen LogP contribution in [0.4, 0.5) is 0 Å². The zero-order chi connectivity index (χ0) is 21.4. The van der Waals surface area contributed by atoms with Crippen molar-refractivity contribution in [3.05, 3.63) is 89.3 Å². The number of hydrogen-bond acceptors (Lipinski definition) is 4. The molecule has 2 aromatic heterocycles. The normalized spacial score (nSPS) is 11.0. The maximum atomic E-state index is 13.0. The first-order valence-corrected chi connectivity index (χ1v) is 9.91. The molecule has 0 fully saturated rings. The number of nitriles is 1. The summed E-state index contributed by atoms with van der Waals surface area (Å²) in [6.07, 6.45) is 3.37. The van der Waals surface area contributed by atoms with Crippen molar-refractivity contribution in [1.82, 2.24) is 14.5 Å². The molecule has 2 heterocycles. The molecule has 0 bridgehead atoms. The SMILES string of the molecule is N#Cc1ccc(Oc2ccc3c(C(=O)Cn4cnc5cc(Cl)ccc54)c[nH]c3c2)cc1. The molecule has 0 aliphatic carbocycles. The zero-order valence-electron chi connectivity index (χ0n) is 16.2. The molecule has 6 nitrogen and oxygen atoms in total. The summed E-state index contributed by atoms with van der Waals surface area (Å²) < 4.78 is 7.68. The number of aromatic nitrogens is 3. The first-order valence-electron chi connectivity index (χ1n) is 9.53. The summed E-state index contributed by atoms with van der Waals surface area (Å²) in [6, 6.07) is 19.9. The van der Waals surface area contributed by atoms with Gasteiger partial charge in [0.1, 0.15) is 11.5 Å². The van der Waals surface area contributed by atoms with Crippen LogP contribution in [0.5, 0.6) is 11.5 Å². The number of H-pyrrole nitrogens is 1. The largest absolute Gasteiger partial charge is 0.457 e. The Hall–Kier alpha value is -4.08.